The van der Waals surface area contributed by atoms with Gasteiger partial charge in [-0.25, -0.2) is 9.59 Å². The van der Waals surface area contributed by atoms with Crippen molar-refractivity contribution in [2.45, 2.75) is 98.4 Å². The smallest absolute Gasteiger partial charge is 0.337 e. The zero-order valence-corrected chi connectivity index (χ0v) is 24.2. The lowest BCUT2D eigenvalue weighted by Gasteiger charge is -2.30. The summed E-state index contributed by atoms with van der Waals surface area (Å²) in [6.45, 7) is 13.6. The molecule has 1 aliphatic heterocycles. The van der Waals surface area contributed by atoms with Crippen molar-refractivity contribution >= 4 is 12.0 Å². The van der Waals surface area contributed by atoms with Crippen molar-refractivity contribution in [1.29, 1.82) is 0 Å². The standard InChI is InChI=1S/C32H44N2O4/c1-20-13-15-24(16-14-20)27-21(2)25-18-34(31(37)33(7)17-23-11-9-8-10-12-23)19-26(25)22(3)28(27)29(30(35)36)38-32(4,5)6/h13-16,23,29H,8-12,17-19H2,1-7H3,(H,35,36)/t29-/m0/s1. The van der Waals surface area contributed by atoms with E-state index in [1.165, 1.54) is 32.1 Å². The monoisotopic (exact) mass is 520 g/mol. The third kappa shape index (κ3) is 5.90. The van der Waals surface area contributed by atoms with Crippen LogP contribution in [0.25, 0.3) is 11.1 Å². The van der Waals surface area contributed by atoms with Gasteiger partial charge in [-0.2, -0.15) is 0 Å². The van der Waals surface area contributed by atoms with Gasteiger partial charge in [0.25, 0.3) is 0 Å². The van der Waals surface area contributed by atoms with E-state index in [0.717, 1.165) is 45.5 Å². The summed E-state index contributed by atoms with van der Waals surface area (Å²) in [4.78, 5) is 30.0. The Morgan fingerprint density at radius 3 is 2.13 bits per heavy atom. The number of carboxylic acid groups (broad SMARTS) is 1. The highest BCUT2D eigenvalue weighted by molar-refractivity contribution is 5.85. The van der Waals surface area contributed by atoms with Gasteiger partial charge in [0.15, 0.2) is 6.10 Å². The fraction of sp³-hybridized carbons (Fsp3) is 0.562. The van der Waals surface area contributed by atoms with Gasteiger partial charge in [0, 0.05) is 32.2 Å². The molecule has 206 valence electrons. The normalized spacial score (nSPS) is 16.9. The second-order valence-electron chi connectivity index (χ2n) is 12.3. The molecule has 1 N–H and O–H groups in total. The van der Waals surface area contributed by atoms with Crippen molar-refractivity contribution in [3.63, 3.8) is 0 Å². The number of fused-ring (bicyclic) bond motifs is 1. The van der Waals surface area contributed by atoms with Crippen molar-refractivity contribution in [3.05, 3.63) is 57.6 Å². The van der Waals surface area contributed by atoms with Gasteiger partial charge < -0.3 is 19.6 Å². The molecule has 2 aromatic carbocycles. The van der Waals surface area contributed by atoms with Crippen LogP contribution in [0.1, 0.15) is 92.4 Å². The largest absolute Gasteiger partial charge is 0.479 e. The molecule has 0 spiro atoms. The van der Waals surface area contributed by atoms with Gasteiger partial charge in [0.2, 0.25) is 0 Å². The summed E-state index contributed by atoms with van der Waals surface area (Å²) in [5.74, 6) is -0.425. The molecule has 2 aromatic rings. The highest BCUT2D eigenvalue weighted by atomic mass is 16.5. The number of hydrogen-bond donors (Lipinski definition) is 1. The van der Waals surface area contributed by atoms with E-state index in [2.05, 4.69) is 31.2 Å². The number of carboxylic acids is 1. The van der Waals surface area contributed by atoms with Crippen molar-refractivity contribution < 1.29 is 19.4 Å². The first kappa shape index (κ1) is 28.2. The number of benzene rings is 2. The van der Waals surface area contributed by atoms with Crippen LogP contribution in [0.5, 0.6) is 0 Å². The number of aliphatic carboxylic acids is 1. The second kappa shape index (κ2) is 11.1. The minimum atomic E-state index is -1.12. The molecular formula is C32H44N2O4. The number of urea groups is 1. The topological polar surface area (TPSA) is 70.1 Å². The average molecular weight is 521 g/mol. The summed E-state index contributed by atoms with van der Waals surface area (Å²) >= 11 is 0. The lowest BCUT2D eigenvalue weighted by molar-refractivity contribution is -0.160. The summed E-state index contributed by atoms with van der Waals surface area (Å²) in [6, 6.07) is 8.26. The van der Waals surface area contributed by atoms with Crippen LogP contribution < -0.4 is 0 Å². The Kier molecular flexibility index (Phi) is 8.22. The number of carbonyl (C=O) groups is 2. The molecule has 1 heterocycles. The van der Waals surface area contributed by atoms with E-state index < -0.39 is 17.7 Å². The summed E-state index contributed by atoms with van der Waals surface area (Å²) in [5.41, 5.74) is 7.18. The van der Waals surface area contributed by atoms with E-state index in [0.29, 0.717) is 24.6 Å². The SMILES string of the molecule is Cc1ccc(-c2c(C)c3c(c(C)c2[C@H](OC(C)(C)C)C(=O)O)CN(C(=O)N(C)CC2CCCCC2)C3)cc1. The second-order valence-corrected chi connectivity index (χ2v) is 12.3. The van der Waals surface area contributed by atoms with Crippen LogP contribution in [0.4, 0.5) is 4.79 Å². The lowest BCUT2D eigenvalue weighted by Crippen LogP contribution is -2.40. The van der Waals surface area contributed by atoms with E-state index in [1.54, 1.807) is 0 Å². The van der Waals surface area contributed by atoms with Gasteiger partial charge in [0.05, 0.1) is 5.60 Å². The predicted molar refractivity (Wildman–Crippen MR) is 151 cm³/mol. The molecule has 4 rings (SSSR count). The van der Waals surface area contributed by atoms with Crippen LogP contribution in [-0.2, 0) is 22.6 Å². The Morgan fingerprint density at radius 1 is 1.00 bits per heavy atom. The summed E-state index contributed by atoms with van der Waals surface area (Å²) < 4.78 is 6.18. The van der Waals surface area contributed by atoms with Crippen LogP contribution >= 0.6 is 0 Å². The molecule has 0 aromatic heterocycles. The number of nitrogens with zero attached hydrogens (tertiary/aromatic N) is 2. The number of ether oxygens (including phenoxy) is 1. The molecule has 2 amide bonds. The number of hydrogen-bond acceptors (Lipinski definition) is 3. The van der Waals surface area contributed by atoms with E-state index in [9.17, 15) is 14.7 Å². The van der Waals surface area contributed by atoms with Crippen LogP contribution in [0.2, 0.25) is 0 Å². The minimum Gasteiger partial charge on any atom is -0.479 e. The van der Waals surface area contributed by atoms with Crippen LogP contribution in [0.3, 0.4) is 0 Å². The first-order valence-electron chi connectivity index (χ1n) is 14.0. The Hall–Kier alpha value is -2.86. The Morgan fingerprint density at radius 2 is 1.58 bits per heavy atom. The quantitative estimate of drug-likeness (QED) is 0.438. The highest BCUT2D eigenvalue weighted by Gasteiger charge is 2.37. The zero-order chi connectivity index (χ0) is 27.8. The first-order chi connectivity index (χ1) is 17.9. The Balaban J connectivity index is 1.75. The molecule has 0 bridgehead atoms. The molecule has 1 atom stereocenters. The van der Waals surface area contributed by atoms with E-state index in [4.69, 9.17) is 4.74 Å². The summed E-state index contributed by atoms with van der Waals surface area (Å²) in [5, 5.41) is 10.3. The van der Waals surface area contributed by atoms with Gasteiger partial charge in [-0.3, -0.25) is 0 Å². The van der Waals surface area contributed by atoms with Gasteiger partial charge in [-0.15, -0.1) is 0 Å². The van der Waals surface area contributed by atoms with Crippen molar-refractivity contribution in [2.24, 2.45) is 5.92 Å². The van der Waals surface area contributed by atoms with Gasteiger partial charge in [-0.05, 0) is 93.7 Å². The Bertz CT molecular complexity index is 1190. The van der Waals surface area contributed by atoms with E-state index >= 15 is 0 Å². The third-order valence-corrected chi connectivity index (χ3v) is 8.17. The molecule has 0 saturated heterocycles. The molecule has 2 aliphatic rings. The van der Waals surface area contributed by atoms with Crippen LogP contribution in [0, 0.1) is 26.7 Å². The van der Waals surface area contributed by atoms with Gasteiger partial charge in [0.1, 0.15) is 0 Å². The number of amides is 2. The van der Waals surface area contributed by atoms with Gasteiger partial charge in [-0.1, -0.05) is 49.1 Å². The molecule has 0 unspecified atom stereocenters. The number of aryl methyl sites for hydroxylation is 1. The summed E-state index contributed by atoms with van der Waals surface area (Å²) in [6.07, 6.45) is 5.09. The molecular weight excluding hydrogens is 476 g/mol. The van der Waals surface area contributed by atoms with Crippen LogP contribution in [-0.4, -0.2) is 46.1 Å². The van der Waals surface area contributed by atoms with E-state index in [1.807, 2.05) is 51.5 Å². The van der Waals surface area contributed by atoms with Crippen molar-refractivity contribution in [2.75, 3.05) is 13.6 Å². The third-order valence-electron chi connectivity index (χ3n) is 8.17. The Labute approximate surface area is 228 Å². The summed E-state index contributed by atoms with van der Waals surface area (Å²) in [7, 11) is 1.92. The van der Waals surface area contributed by atoms with E-state index in [-0.39, 0.29) is 6.03 Å². The van der Waals surface area contributed by atoms with Crippen molar-refractivity contribution in [3.8, 4) is 11.1 Å². The average Bonchev–Trinajstić information content (AvgIpc) is 3.31. The zero-order valence-electron chi connectivity index (χ0n) is 24.2. The highest BCUT2D eigenvalue weighted by Crippen LogP contribution is 2.44. The molecule has 0 radical (unpaired) electrons. The maximum absolute atomic E-state index is 13.6. The predicted octanol–water partition coefficient (Wildman–Crippen LogP) is 7.17. The van der Waals surface area contributed by atoms with Gasteiger partial charge >= 0.3 is 12.0 Å². The molecule has 1 saturated carbocycles. The molecule has 6 nitrogen and oxygen atoms in total. The fourth-order valence-electron chi connectivity index (χ4n) is 6.24. The maximum Gasteiger partial charge on any atom is 0.337 e. The number of carbonyl (C=O) groups excluding carboxylic acids is 1. The number of rotatable bonds is 6. The minimum absolute atomic E-state index is 0.0461. The molecule has 1 aliphatic carbocycles. The van der Waals surface area contributed by atoms with Crippen LogP contribution in [0.15, 0.2) is 24.3 Å². The first-order valence-corrected chi connectivity index (χ1v) is 14.0. The molecule has 6 heteroatoms. The van der Waals surface area contributed by atoms with Crippen molar-refractivity contribution in [1.82, 2.24) is 9.80 Å². The lowest BCUT2D eigenvalue weighted by atomic mass is 9.83. The maximum atomic E-state index is 13.6. The molecule has 1 fully saturated rings. The fourth-order valence-corrected chi connectivity index (χ4v) is 6.24. The molecule has 38 heavy (non-hydrogen) atoms.